The summed E-state index contributed by atoms with van der Waals surface area (Å²) in [6.07, 6.45) is 8.26. The summed E-state index contributed by atoms with van der Waals surface area (Å²) in [6.45, 7) is 0. The number of ether oxygens (including phenoxy) is 2. The maximum Gasteiger partial charge on any atom is 0.320 e. The van der Waals surface area contributed by atoms with Crippen LogP contribution in [0.2, 0.25) is 0 Å². The van der Waals surface area contributed by atoms with Gasteiger partial charge in [-0.05, 0) is 68.1 Å². The van der Waals surface area contributed by atoms with E-state index in [0.717, 1.165) is 17.8 Å². The fourth-order valence-corrected chi connectivity index (χ4v) is 5.52. The molecule has 0 atom stereocenters. The summed E-state index contributed by atoms with van der Waals surface area (Å²) in [5.41, 5.74) is 0.182. The molecule has 0 saturated heterocycles. The molecule has 4 rings (SSSR count). The van der Waals surface area contributed by atoms with Crippen molar-refractivity contribution in [2.45, 2.75) is 44.9 Å². The molecule has 4 bridgehead atoms. The minimum Gasteiger partial charge on any atom is -0.468 e. The highest BCUT2D eigenvalue weighted by Gasteiger charge is 2.52. The van der Waals surface area contributed by atoms with Crippen molar-refractivity contribution in [3.8, 4) is 0 Å². The van der Waals surface area contributed by atoms with E-state index in [1.54, 1.807) is 0 Å². The molecule has 0 N–H and O–H groups in total. The van der Waals surface area contributed by atoms with Crippen molar-refractivity contribution in [3.63, 3.8) is 0 Å². The average Bonchev–Trinajstić information content (AvgIpc) is 2.41. The van der Waals surface area contributed by atoms with Gasteiger partial charge in [0.1, 0.15) is 0 Å². The largest absolute Gasteiger partial charge is 0.468 e. The van der Waals surface area contributed by atoms with Crippen LogP contribution in [0.25, 0.3) is 0 Å². The lowest BCUT2D eigenvalue weighted by atomic mass is 9.48. The van der Waals surface area contributed by atoms with Crippen LogP contribution in [0.5, 0.6) is 0 Å². The van der Waals surface area contributed by atoms with Crippen LogP contribution in [0.3, 0.4) is 0 Å². The molecule has 0 aromatic heterocycles. The molecule has 4 nitrogen and oxygen atoms in total. The first kappa shape index (κ1) is 13.9. The molecule has 4 saturated carbocycles. The highest BCUT2D eigenvalue weighted by molar-refractivity contribution is 5.94. The van der Waals surface area contributed by atoms with Crippen LogP contribution in [0.1, 0.15) is 44.9 Å². The lowest BCUT2D eigenvalue weighted by Crippen LogP contribution is -2.48. The predicted octanol–water partition coefficient (Wildman–Crippen LogP) is 2.56. The first-order chi connectivity index (χ1) is 9.55. The monoisotopic (exact) mass is 280 g/mol. The third-order valence-corrected chi connectivity index (χ3v) is 5.77. The van der Waals surface area contributed by atoms with Crippen LogP contribution in [0.4, 0.5) is 0 Å². The zero-order valence-electron chi connectivity index (χ0n) is 12.4. The van der Waals surface area contributed by atoms with Gasteiger partial charge < -0.3 is 9.47 Å². The lowest BCUT2D eigenvalue weighted by molar-refractivity contribution is -0.163. The molecule has 0 unspecified atom stereocenters. The second-order valence-corrected chi connectivity index (χ2v) is 7.22. The molecule has 0 spiro atoms. The normalized spacial score (nSPS) is 38.0. The lowest BCUT2D eigenvalue weighted by Gasteiger charge is -2.57. The molecule has 0 heterocycles. The second kappa shape index (κ2) is 5.05. The van der Waals surface area contributed by atoms with Crippen LogP contribution in [-0.4, -0.2) is 26.2 Å². The fourth-order valence-electron chi connectivity index (χ4n) is 5.52. The Balaban J connectivity index is 1.77. The van der Waals surface area contributed by atoms with Crippen molar-refractivity contribution in [2.24, 2.45) is 29.1 Å². The third-order valence-electron chi connectivity index (χ3n) is 5.77. The van der Waals surface area contributed by atoms with Gasteiger partial charge in [0.15, 0.2) is 5.92 Å². The van der Waals surface area contributed by atoms with Crippen LogP contribution in [0, 0.1) is 29.1 Å². The maximum absolute atomic E-state index is 11.9. The van der Waals surface area contributed by atoms with Crippen LogP contribution >= 0.6 is 0 Å². The number of methoxy groups -OCH3 is 2. The van der Waals surface area contributed by atoms with Gasteiger partial charge in [-0.3, -0.25) is 9.59 Å². The van der Waals surface area contributed by atoms with E-state index >= 15 is 0 Å². The molecule has 4 heteroatoms. The van der Waals surface area contributed by atoms with Crippen molar-refractivity contribution in [1.29, 1.82) is 0 Å². The summed E-state index contributed by atoms with van der Waals surface area (Å²) in [7, 11) is 2.69. The molecule has 4 aliphatic carbocycles. The third kappa shape index (κ3) is 2.33. The van der Waals surface area contributed by atoms with Gasteiger partial charge in [0, 0.05) is 0 Å². The molecular formula is C16H24O4. The maximum atomic E-state index is 11.9. The number of carbonyl (C=O) groups excluding carboxylic acids is 2. The average molecular weight is 280 g/mol. The predicted molar refractivity (Wildman–Crippen MR) is 72.7 cm³/mol. The van der Waals surface area contributed by atoms with E-state index < -0.39 is 17.9 Å². The van der Waals surface area contributed by atoms with Gasteiger partial charge in [-0.15, -0.1) is 0 Å². The Morgan fingerprint density at radius 2 is 1.35 bits per heavy atom. The summed E-state index contributed by atoms with van der Waals surface area (Å²) in [6, 6.07) is 0. The molecule has 0 aromatic rings. The number of hydrogen-bond acceptors (Lipinski definition) is 4. The molecule has 112 valence electrons. The van der Waals surface area contributed by atoms with Gasteiger partial charge in [-0.25, -0.2) is 0 Å². The van der Waals surface area contributed by atoms with Crippen molar-refractivity contribution >= 4 is 11.9 Å². The molecule has 4 fully saturated rings. The highest BCUT2D eigenvalue weighted by atomic mass is 16.5. The van der Waals surface area contributed by atoms with Crippen molar-refractivity contribution in [2.75, 3.05) is 14.2 Å². The first-order valence-electron chi connectivity index (χ1n) is 7.71. The van der Waals surface area contributed by atoms with E-state index in [-0.39, 0.29) is 5.41 Å². The molecule has 0 aromatic carbocycles. The number of rotatable bonds is 4. The Labute approximate surface area is 120 Å². The van der Waals surface area contributed by atoms with Gasteiger partial charge in [0.05, 0.1) is 14.2 Å². The fraction of sp³-hybridized carbons (Fsp3) is 0.875. The molecule has 0 radical (unpaired) electrons. The summed E-state index contributed by atoms with van der Waals surface area (Å²) >= 11 is 0. The molecular weight excluding hydrogens is 256 g/mol. The van der Waals surface area contributed by atoms with Gasteiger partial charge in [0.2, 0.25) is 0 Å². The summed E-state index contributed by atoms with van der Waals surface area (Å²) in [4.78, 5) is 23.8. The molecule has 0 amide bonds. The summed E-state index contributed by atoms with van der Waals surface area (Å²) in [5, 5.41) is 0. The van der Waals surface area contributed by atoms with Crippen LogP contribution in [0.15, 0.2) is 0 Å². The van der Waals surface area contributed by atoms with Crippen molar-refractivity contribution in [3.05, 3.63) is 0 Å². The zero-order chi connectivity index (χ0) is 14.3. The Bertz CT molecular complexity index is 363. The summed E-state index contributed by atoms with van der Waals surface area (Å²) < 4.78 is 9.62. The standard InChI is InChI=1S/C16H24O4/c1-19-14(17)13(15(18)20-2)9-16-6-10-3-11(7-16)5-12(4-10)8-16/h10-13H,3-9H2,1-2H3. The molecule has 20 heavy (non-hydrogen) atoms. The molecule has 0 aliphatic heterocycles. The topological polar surface area (TPSA) is 52.6 Å². The zero-order valence-corrected chi connectivity index (χ0v) is 12.4. The Hall–Kier alpha value is -1.06. The van der Waals surface area contributed by atoms with Crippen LogP contribution in [-0.2, 0) is 19.1 Å². The Morgan fingerprint density at radius 3 is 1.70 bits per heavy atom. The van der Waals surface area contributed by atoms with Crippen LogP contribution < -0.4 is 0 Å². The number of carbonyl (C=O) groups is 2. The second-order valence-electron chi connectivity index (χ2n) is 7.22. The van der Waals surface area contributed by atoms with Gasteiger partial charge >= 0.3 is 11.9 Å². The van der Waals surface area contributed by atoms with E-state index in [1.165, 1.54) is 52.7 Å². The number of hydrogen-bond donors (Lipinski definition) is 0. The number of esters is 2. The smallest absolute Gasteiger partial charge is 0.320 e. The Morgan fingerprint density at radius 1 is 0.950 bits per heavy atom. The van der Waals surface area contributed by atoms with Gasteiger partial charge in [-0.2, -0.15) is 0 Å². The van der Waals surface area contributed by atoms with E-state index in [0.29, 0.717) is 6.42 Å². The van der Waals surface area contributed by atoms with Crippen molar-refractivity contribution in [1.82, 2.24) is 0 Å². The van der Waals surface area contributed by atoms with E-state index in [4.69, 9.17) is 9.47 Å². The minimum absolute atomic E-state index is 0.182. The molecule has 4 aliphatic rings. The Kier molecular flexibility index (Phi) is 3.51. The highest BCUT2D eigenvalue weighted by Crippen LogP contribution is 2.62. The quantitative estimate of drug-likeness (QED) is 0.586. The van der Waals surface area contributed by atoms with Gasteiger partial charge in [-0.1, -0.05) is 0 Å². The summed E-state index contributed by atoms with van der Waals surface area (Å²) in [5.74, 6) is 0.841. The minimum atomic E-state index is -0.735. The van der Waals surface area contributed by atoms with E-state index in [2.05, 4.69) is 0 Å². The van der Waals surface area contributed by atoms with E-state index in [1.807, 2.05) is 0 Å². The van der Waals surface area contributed by atoms with Crippen molar-refractivity contribution < 1.29 is 19.1 Å². The van der Waals surface area contributed by atoms with Gasteiger partial charge in [0.25, 0.3) is 0 Å². The van der Waals surface area contributed by atoms with E-state index in [9.17, 15) is 9.59 Å². The first-order valence-corrected chi connectivity index (χ1v) is 7.71. The SMILES string of the molecule is COC(=O)C(CC12CC3CC(CC(C3)C1)C2)C(=O)OC.